The molecule has 11 heavy (non-hydrogen) atoms. The minimum Gasteiger partial charge on any atom is -1.00 e. The van der Waals surface area contributed by atoms with Gasteiger partial charge in [-0.15, -0.1) is 0 Å². The maximum Gasteiger partial charge on any atom is 2.00 e. The van der Waals surface area contributed by atoms with E-state index < -0.39 is 10.1 Å². The van der Waals surface area contributed by atoms with Gasteiger partial charge in [0.15, 0.2) is 0 Å². The third kappa shape index (κ3) is 3.75. The molecule has 0 fully saturated rings. The molecule has 0 saturated carbocycles. The summed E-state index contributed by atoms with van der Waals surface area (Å²) in [6, 6.07) is 7.42. The molecule has 1 rings (SSSR count). The van der Waals surface area contributed by atoms with Crippen molar-refractivity contribution in [3.63, 3.8) is 0 Å². The molecule has 0 saturated heterocycles. The fourth-order valence-corrected chi connectivity index (χ4v) is 1.09. The standard InChI is InChI=1S/C6H6O3S.Ba.2H/c7-10(8,9)6-4-2-1-3-5-6;;;/h1-5H,(H,7,8,9);;;/q;+2;2*-1. The molecule has 1 aromatic carbocycles. The molecule has 0 aliphatic rings. The first-order valence-electron chi connectivity index (χ1n) is 2.63. The van der Waals surface area contributed by atoms with E-state index in [0.717, 1.165) is 0 Å². The van der Waals surface area contributed by atoms with Gasteiger partial charge in [-0.25, -0.2) is 0 Å². The van der Waals surface area contributed by atoms with E-state index in [0.29, 0.717) is 0 Å². The van der Waals surface area contributed by atoms with Gasteiger partial charge >= 0.3 is 48.9 Å². The van der Waals surface area contributed by atoms with Gasteiger partial charge in [0.1, 0.15) is 0 Å². The van der Waals surface area contributed by atoms with E-state index in [4.69, 9.17) is 4.55 Å². The van der Waals surface area contributed by atoms with Gasteiger partial charge in [-0.1, -0.05) is 18.2 Å². The van der Waals surface area contributed by atoms with E-state index in [2.05, 4.69) is 0 Å². The van der Waals surface area contributed by atoms with Crippen molar-refractivity contribution in [1.82, 2.24) is 0 Å². The molecule has 0 aliphatic heterocycles. The third-order valence-electron chi connectivity index (χ3n) is 1.04. The summed E-state index contributed by atoms with van der Waals surface area (Å²) in [5, 5.41) is 0. The van der Waals surface area contributed by atoms with Gasteiger partial charge < -0.3 is 2.85 Å². The minimum absolute atomic E-state index is 0. The van der Waals surface area contributed by atoms with E-state index in [1.165, 1.54) is 12.1 Å². The molecule has 5 heteroatoms. The molecule has 0 radical (unpaired) electrons. The Labute approximate surface area is 109 Å². The molecular formula is C6H8BaO3S. The minimum atomic E-state index is -4.00. The van der Waals surface area contributed by atoms with Gasteiger partial charge in [0.05, 0.1) is 4.90 Å². The first-order chi connectivity index (χ1) is 4.61. The smallest absolute Gasteiger partial charge is 1.00 e. The number of rotatable bonds is 1. The van der Waals surface area contributed by atoms with Crippen molar-refractivity contribution < 1.29 is 15.8 Å². The summed E-state index contributed by atoms with van der Waals surface area (Å²) in [7, 11) is -4.00. The molecule has 58 valence electrons. The van der Waals surface area contributed by atoms with Crippen LogP contribution in [-0.4, -0.2) is 61.9 Å². The maximum atomic E-state index is 10.4. The van der Waals surface area contributed by atoms with Crippen molar-refractivity contribution in [2.75, 3.05) is 0 Å². The second kappa shape index (κ2) is 4.66. The average Bonchev–Trinajstić information content (AvgIpc) is 1.88. The summed E-state index contributed by atoms with van der Waals surface area (Å²) in [5.41, 5.74) is 0. The van der Waals surface area contributed by atoms with Crippen molar-refractivity contribution in [3.05, 3.63) is 30.3 Å². The molecule has 0 heterocycles. The zero-order valence-corrected chi connectivity index (χ0v) is 11.0. The first-order valence-corrected chi connectivity index (χ1v) is 4.07. The van der Waals surface area contributed by atoms with Crippen LogP contribution in [0.2, 0.25) is 0 Å². The predicted octanol–water partition coefficient (Wildman–Crippen LogP) is 0.778. The van der Waals surface area contributed by atoms with Crippen molar-refractivity contribution in [3.8, 4) is 0 Å². The van der Waals surface area contributed by atoms with E-state index in [-0.39, 0.29) is 56.6 Å². The Morgan fingerprint density at radius 3 is 1.91 bits per heavy atom. The zero-order chi connectivity index (χ0) is 7.61. The second-order valence-electron chi connectivity index (χ2n) is 1.79. The van der Waals surface area contributed by atoms with E-state index in [9.17, 15) is 8.42 Å². The Hall–Kier alpha value is 0.701. The summed E-state index contributed by atoms with van der Waals surface area (Å²) in [6.07, 6.45) is 0. The van der Waals surface area contributed by atoms with Crippen molar-refractivity contribution in [2.24, 2.45) is 0 Å². The summed E-state index contributed by atoms with van der Waals surface area (Å²) >= 11 is 0. The van der Waals surface area contributed by atoms with Crippen LogP contribution in [0.3, 0.4) is 0 Å². The summed E-state index contributed by atoms with van der Waals surface area (Å²) in [6.45, 7) is 0. The maximum absolute atomic E-state index is 10.4. The molecule has 0 unspecified atom stereocenters. The van der Waals surface area contributed by atoms with Crippen molar-refractivity contribution in [2.45, 2.75) is 4.90 Å². The van der Waals surface area contributed by atoms with E-state index in [1.54, 1.807) is 18.2 Å². The quantitative estimate of drug-likeness (QED) is 0.615. The Kier molecular flexibility index (Phi) is 4.96. The molecule has 0 spiro atoms. The van der Waals surface area contributed by atoms with Crippen molar-refractivity contribution >= 4 is 59.0 Å². The molecular weight excluding hydrogens is 289 g/mol. The van der Waals surface area contributed by atoms with Gasteiger partial charge in [-0.3, -0.25) is 4.55 Å². The molecule has 0 aromatic heterocycles. The fourth-order valence-electron chi connectivity index (χ4n) is 0.592. The van der Waals surface area contributed by atoms with Crippen LogP contribution >= 0.6 is 0 Å². The van der Waals surface area contributed by atoms with E-state index in [1.807, 2.05) is 0 Å². The van der Waals surface area contributed by atoms with Crippen LogP contribution in [0.15, 0.2) is 35.2 Å². The monoisotopic (exact) mass is 298 g/mol. The van der Waals surface area contributed by atoms with Gasteiger partial charge in [0.25, 0.3) is 10.1 Å². The molecule has 0 atom stereocenters. The van der Waals surface area contributed by atoms with Gasteiger partial charge in [0, 0.05) is 0 Å². The fraction of sp³-hybridized carbons (Fsp3) is 0. The predicted molar refractivity (Wildman–Crippen MR) is 44.2 cm³/mol. The molecule has 3 nitrogen and oxygen atoms in total. The van der Waals surface area contributed by atoms with Crippen molar-refractivity contribution in [1.29, 1.82) is 0 Å². The normalized spacial score (nSPS) is 10.3. The number of hydrogen-bond acceptors (Lipinski definition) is 2. The third-order valence-corrected chi connectivity index (χ3v) is 1.91. The van der Waals surface area contributed by atoms with Gasteiger partial charge in [-0.2, -0.15) is 8.42 Å². The van der Waals surface area contributed by atoms with Crippen LogP contribution in [0.5, 0.6) is 0 Å². The van der Waals surface area contributed by atoms with Crippen LogP contribution in [0, 0.1) is 0 Å². The van der Waals surface area contributed by atoms with Crippen LogP contribution in [0.25, 0.3) is 0 Å². The van der Waals surface area contributed by atoms with Crippen LogP contribution in [0.1, 0.15) is 2.85 Å². The van der Waals surface area contributed by atoms with Crippen LogP contribution in [-0.2, 0) is 10.1 Å². The SMILES string of the molecule is O=S(=O)(O)c1ccccc1.[Ba+2].[H-].[H-]. The van der Waals surface area contributed by atoms with Gasteiger partial charge in [0.2, 0.25) is 0 Å². The average molecular weight is 298 g/mol. The Bertz CT molecular complexity index is 314. The van der Waals surface area contributed by atoms with Gasteiger partial charge in [-0.05, 0) is 12.1 Å². The second-order valence-corrected chi connectivity index (χ2v) is 3.21. The summed E-state index contributed by atoms with van der Waals surface area (Å²) < 4.78 is 29.2. The van der Waals surface area contributed by atoms with E-state index >= 15 is 0 Å². The molecule has 1 aromatic rings. The molecule has 0 aliphatic carbocycles. The number of hydrogen-bond donors (Lipinski definition) is 1. The Morgan fingerprint density at radius 1 is 1.18 bits per heavy atom. The number of benzene rings is 1. The Morgan fingerprint density at radius 2 is 1.64 bits per heavy atom. The summed E-state index contributed by atoms with van der Waals surface area (Å²) in [4.78, 5) is -0.0741. The molecule has 1 N–H and O–H groups in total. The topological polar surface area (TPSA) is 54.4 Å². The first kappa shape index (κ1) is 11.7. The molecule has 0 amide bonds. The Balaban J connectivity index is -0.000000333. The molecule has 0 bridgehead atoms. The van der Waals surface area contributed by atoms with Crippen LogP contribution < -0.4 is 0 Å². The summed E-state index contributed by atoms with van der Waals surface area (Å²) in [5.74, 6) is 0. The van der Waals surface area contributed by atoms with Crippen LogP contribution in [0.4, 0.5) is 0 Å². The largest absolute Gasteiger partial charge is 2.00 e. The zero-order valence-electron chi connectivity index (χ0n) is 7.77.